The Morgan fingerprint density at radius 3 is 2.40 bits per heavy atom. The maximum atomic E-state index is 13.3. The second-order valence-electron chi connectivity index (χ2n) is 6.56. The molecule has 3 rings (SSSR count). The first-order valence-corrected chi connectivity index (χ1v) is 9.82. The van der Waals surface area contributed by atoms with Crippen molar-refractivity contribution in [3.05, 3.63) is 70.9 Å². The van der Waals surface area contributed by atoms with Gasteiger partial charge in [0, 0.05) is 11.4 Å². The van der Waals surface area contributed by atoms with E-state index in [0.29, 0.717) is 35.1 Å². The maximum absolute atomic E-state index is 13.3. The second kappa shape index (κ2) is 9.31. The zero-order chi connectivity index (χ0) is 21.7. The molecule has 0 aromatic heterocycles. The molecule has 0 radical (unpaired) electrons. The van der Waals surface area contributed by atoms with Crippen LogP contribution in [0.5, 0.6) is 11.5 Å². The number of rotatable bonds is 7. The Bertz CT molecular complexity index is 1010. The zero-order valence-electron chi connectivity index (χ0n) is 17.6. The molecule has 0 saturated heterocycles. The van der Waals surface area contributed by atoms with Crippen molar-refractivity contribution in [3.8, 4) is 11.5 Å². The van der Waals surface area contributed by atoms with Crippen LogP contribution in [0.25, 0.3) is 6.08 Å². The minimum Gasteiger partial charge on any atom is -0.493 e. The highest BCUT2D eigenvalue weighted by Gasteiger charge is 2.38. The number of methoxy groups -OCH3 is 1. The third-order valence-electron chi connectivity index (χ3n) is 4.69. The van der Waals surface area contributed by atoms with Crippen LogP contribution >= 0.6 is 0 Å². The molecule has 30 heavy (non-hydrogen) atoms. The van der Waals surface area contributed by atoms with Crippen LogP contribution in [0.1, 0.15) is 26.3 Å². The average Bonchev–Trinajstić information content (AvgIpc) is 2.99. The van der Waals surface area contributed by atoms with Crippen LogP contribution in [-0.2, 0) is 14.3 Å². The van der Waals surface area contributed by atoms with Crippen molar-refractivity contribution in [1.29, 1.82) is 0 Å². The molecular weight excluding hydrogens is 382 g/mol. The molecule has 0 aliphatic carbocycles. The number of hydrogen-bond acceptors (Lipinski definition) is 5. The smallest absolute Gasteiger partial charge is 0.340 e. The number of amides is 1. The van der Waals surface area contributed by atoms with E-state index in [4.69, 9.17) is 14.2 Å². The molecule has 0 spiro atoms. The van der Waals surface area contributed by atoms with E-state index in [9.17, 15) is 9.59 Å². The van der Waals surface area contributed by atoms with E-state index in [1.807, 2.05) is 43.3 Å². The number of allylic oxidation sites excluding steroid dienone is 1. The molecule has 0 bridgehead atoms. The zero-order valence-corrected chi connectivity index (χ0v) is 17.6. The fourth-order valence-corrected chi connectivity index (χ4v) is 3.38. The van der Waals surface area contributed by atoms with Crippen molar-refractivity contribution < 1.29 is 23.8 Å². The molecule has 1 aliphatic rings. The van der Waals surface area contributed by atoms with Gasteiger partial charge in [-0.15, -0.1) is 0 Å². The van der Waals surface area contributed by atoms with Crippen LogP contribution < -0.4 is 14.4 Å². The topological polar surface area (TPSA) is 65.1 Å². The van der Waals surface area contributed by atoms with Crippen molar-refractivity contribution in [3.63, 3.8) is 0 Å². The molecule has 6 nitrogen and oxygen atoms in total. The van der Waals surface area contributed by atoms with E-state index in [0.717, 1.165) is 0 Å². The summed E-state index contributed by atoms with van der Waals surface area (Å²) in [6.45, 7) is 6.11. The normalized spacial score (nSPS) is 15.0. The molecule has 6 heteroatoms. The predicted octanol–water partition coefficient (Wildman–Crippen LogP) is 4.36. The third-order valence-corrected chi connectivity index (χ3v) is 4.69. The fourth-order valence-electron chi connectivity index (χ4n) is 3.38. The Hall–Kier alpha value is -3.54. The SMILES string of the molecule is CCOC(=O)C1=C(C)N(c2ccccc2)C(=O)/C1=C\c1ccc(OCC)c(OC)c1. The van der Waals surface area contributed by atoms with Crippen molar-refractivity contribution in [2.75, 3.05) is 25.2 Å². The van der Waals surface area contributed by atoms with Gasteiger partial charge in [-0.3, -0.25) is 9.69 Å². The highest BCUT2D eigenvalue weighted by atomic mass is 16.5. The van der Waals surface area contributed by atoms with Gasteiger partial charge in [-0.2, -0.15) is 0 Å². The Labute approximate surface area is 176 Å². The van der Waals surface area contributed by atoms with E-state index >= 15 is 0 Å². The number of nitrogens with zero attached hydrogens (tertiary/aromatic N) is 1. The molecule has 0 N–H and O–H groups in total. The molecule has 1 aliphatic heterocycles. The number of esters is 1. The number of ether oxygens (including phenoxy) is 3. The minimum absolute atomic E-state index is 0.222. The lowest BCUT2D eigenvalue weighted by Gasteiger charge is -2.17. The van der Waals surface area contributed by atoms with Crippen LogP contribution in [-0.4, -0.2) is 32.2 Å². The summed E-state index contributed by atoms with van der Waals surface area (Å²) in [5.74, 6) is 0.360. The first-order chi connectivity index (χ1) is 14.5. The first-order valence-electron chi connectivity index (χ1n) is 9.82. The molecular formula is C24H25NO5. The summed E-state index contributed by atoms with van der Waals surface area (Å²) in [5.41, 5.74) is 2.48. The van der Waals surface area contributed by atoms with Gasteiger partial charge in [0.15, 0.2) is 11.5 Å². The lowest BCUT2D eigenvalue weighted by atomic mass is 10.0. The highest BCUT2D eigenvalue weighted by molar-refractivity contribution is 6.23. The van der Waals surface area contributed by atoms with Crippen molar-refractivity contribution in [1.82, 2.24) is 0 Å². The molecule has 0 saturated carbocycles. The van der Waals surface area contributed by atoms with Gasteiger partial charge in [-0.25, -0.2) is 4.79 Å². The van der Waals surface area contributed by atoms with E-state index < -0.39 is 5.97 Å². The summed E-state index contributed by atoms with van der Waals surface area (Å²) in [4.78, 5) is 27.5. The largest absolute Gasteiger partial charge is 0.493 e. The highest BCUT2D eigenvalue weighted by Crippen LogP contribution is 2.36. The molecule has 1 heterocycles. The monoisotopic (exact) mass is 407 g/mol. The number of carbonyl (C=O) groups excluding carboxylic acids is 2. The van der Waals surface area contributed by atoms with Crippen molar-refractivity contribution in [2.24, 2.45) is 0 Å². The third kappa shape index (κ3) is 4.08. The molecule has 0 fully saturated rings. The van der Waals surface area contributed by atoms with Gasteiger partial charge >= 0.3 is 5.97 Å². The van der Waals surface area contributed by atoms with E-state index in [1.165, 1.54) is 4.90 Å². The van der Waals surface area contributed by atoms with Crippen LogP contribution in [0.15, 0.2) is 65.4 Å². The number of para-hydroxylation sites is 1. The number of benzene rings is 2. The Balaban J connectivity index is 2.10. The van der Waals surface area contributed by atoms with Gasteiger partial charge in [-0.05, 0) is 56.7 Å². The molecule has 156 valence electrons. The fraction of sp³-hybridized carbons (Fsp3) is 0.250. The van der Waals surface area contributed by atoms with Gasteiger partial charge < -0.3 is 14.2 Å². The molecule has 1 amide bonds. The van der Waals surface area contributed by atoms with E-state index in [2.05, 4.69) is 0 Å². The summed E-state index contributed by atoms with van der Waals surface area (Å²) >= 11 is 0. The van der Waals surface area contributed by atoms with Crippen molar-refractivity contribution >= 4 is 23.6 Å². The summed E-state index contributed by atoms with van der Waals surface area (Å²) < 4.78 is 16.2. The Morgan fingerprint density at radius 1 is 1.03 bits per heavy atom. The van der Waals surface area contributed by atoms with Crippen LogP contribution in [0.2, 0.25) is 0 Å². The summed E-state index contributed by atoms with van der Waals surface area (Å²) in [7, 11) is 1.56. The van der Waals surface area contributed by atoms with Crippen LogP contribution in [0, 0.1) is 0 Å². The van der Waals surface area contributed by atoms with Gasteiger partial charge in [0.1, 0.15) is 0 Å². The number of carbonyl (C=O) groups is 2. The van der Waals surface area contributed by atoms with Crippen LogP contribution in [0.3, 0.4) is 0 Å². The van der Waals surface area contributed by atoms with Gasteiger partial charge in [0.05, 0.1) is 31.5 Å². The van der Waals surface area contributed by atoms with E-state index in [-0.39, 0.29) is 23.7 Å². The lowest BCUT2D eigenvalue weighted by Crippen LogP contribution is -2.24. The van der Waals surface area contributed by atoms with E-state index in [1.54, 1.807) is 39.2 Å². The Kier molecular flexibility index (Phi) is 6.57. The Morgan fingerprint density at radius 2 is 1.77 bits per heavy atom. The second-order valence-corrected chi connectivity index (χ2v) is 6.56. The summed E-state index contributed by atoms with van der Waals surface area (Å²) in [6, 6.07) is 14.6. The quantitative estimate of drug-likeness (QED) is 0.504. The summed E-state index contributed by atoms with van der Waals surface area (Å²) in [6.07, 6.45) is 1.68. The van der Waals surface area contributed by atoms with Crippen LogP contribution in [0.4, 0.5) is 5.69 Å². The standard InChI is InChI=1S/C24H25NO5/c1-5-29-20-13-12-17(15-21(20)28-4)14-19-22(24(27)30-6-2)16(3)25(23(19)26)18-10-8-7-9-11-18/h7-15H,5-6H2,1-4H3/b19-14-. The lowest BCUT2D eigenvalue weighted by molar-refractivity contribution is -0.138. The number of hydrogen-bond donors (Lipinski definition) is 0. The minimum atomic E-state index is -0.522. The summed E-state index contributed by atoms with van der Waals surface area (Å²) in [5, 5.41) is 0. The van der Waals surface area contributed by atoms with Gasteiger partial charge in [-0.1, -0.05) is 24.3 Å². The predicted molar refractivity (Wildman–Crippen MR) is 115 cm³/mol. The first kappa shape index (κ1) is 21.2. The number of anilines is 1. The molecule has 0 unspecified atom stereocenters. The molecule has 0 atom stereocenters. The molecule has 2 aromatic rings. The van der Waals surface area contributed by atoms with Gasteiger partial charge in [0.2, 0.25) is 0 Å². The maximum Gasteiger partial charge on any atom is 0.340 e. The average molecular weight is 407 g/mol. The van der Waals surface area contributed by atoms with Gasteiger partial charge in [0.25, 0.3) is 5.91 Å². The van der Waals surface area contributed by atoms with Crippen molar-refractivity contribution in [2.45, 2.75) is 20.8 Å². The molecule has 2 aromatic carbocycles.